The van der Waals surface area contributed by atoms with Gasteiger partial charge in [-0.05, 0) is 32.0 Å². The van der Waals surface area contributed by atoms with Gasteiger partial charge in [-0.2, -0.15) is 0 Å². The summed E-state index contributed by atoms with van der Waals surface area (Å²) in [5.41, 5.74) is 6.19. The molecule has 0 fully saturated rings. The van der Waals surface area contributed by atoms with Crippen molar-refractivity contribution in [2.24, 2.45) is 0 Å². The van der Waals surface area contributed by atoms with E-state index in [0.29, 0.717) is 16.5 Å². The zero-order valence-corrected chi connectivity index (χ0v) is 12.0. The van der Waals surface area contributed by atoms with E-state index in [1.165, 1.54) is 9.75 Å². The minimum Gasteiger partial charge on any atom is -0.397 e. The van der Waals surface area contributed by atoms with Crippen molar-refractivity contribution in [1.82, 2.24) is 4.98 Å². The number of nitrogen functional groups attached to an aromatic ring is 1. The number of pyridine rings is 1. The average molecular weight is 282 g/mol. The molecule has 0 bridgehead atoms. The van der Waals surface area contributed by atoms with Gasteiger partial charge < -0.3 is 11.1 Å². The fraction of sp³-hybridized carbons (Fsp3) is 0.308. The van der Waals surface area contributed by atoms with E-state index >= 15 is 0 Å². The first kappa shape index (κ1) is 13.2. The Morgan fingerprint density at radius 3 is 2.89 bits per heavy atom. The molecule has 2 heterocycles. The fourth-order valence-corrected chi connectivity index (χ4v) is 2.99. The van der Waals surface area contributed by atoms with Gasteiger partial charge >= 0.3 is 0 Å². The summed E-state index contributed by atoms with van der Waals surface area (Å²) in [7, 11) is 0. The van der Waals surface area contributed by atoms with Crippen LogP contribution in [0.2, 0.25) is 5.02 Å². The summed E-state index contributed by atoms with van der Waals surface area (Å²) >= 11 is 7.90. The van der Waals surface area contributed by atoms with Gasteiger partial charge in [-0.3, -0.25) is 0 Å². The highest BCUT2D eigenvalue weighted by Crippen LogP contribution is 2.23. The highest BCUT2D eigenvalue weighted by molar-refractivity contribution is 7.11. The maximum atomic E-state index is 6.08. The van der Waals surface area contributed by atoms with Gasteiger partial charge in [0, 0.05) is 22.2 Å². The lowest BCUT2D eigenvalue weighted by Crippen LogP contribution is -2.18. The smallest absolute Gasteiger partial charge is 0.145 e. The minimum atomic E-state index is 0.275. The van der Waals surface area contributed by atoms with Crippen LogP contribution in [0.1, 0.15) is 16.7 Å². The first-order chi connectivity index (χ1) is 8.54. The minimum absolute atomic E-state index is 0.275. The van der Waals surface area contributed by atoms with Crippen LogP contribution in [0.3, 0.4) is 0 Å². The summed E-state index contributed by atoms with van der Waals surface area (Å²) in [5.74, 6) is 0.687. The van der Waals surface area contributed by atoms with Gasteiger partial charge in [0.15, 0.2) is 0 Å². The number of nitrogens with one attached hydrogen (secondary N) is 1. The van der Waals surface area contributed by atoms with E-state index in [9.17, 15) is 0 Å². The van der Waals surface area contributed by atoms with Crippen molar-refractivity contribution in [2.45, 2.75) is 26.3 Å². The molecule has 18 heavy (non-hydrogen) atoms. The fourth-order valence-electron chi connectivity index (χ4n) is 1.74. The molecule has 1 atom stereocenters. The van der Waals surface area contributed by atoms with Crippen LogP contribution < -0.4 is 11.1 Å². The second-order valence-electron chi connectivity index (χ2n) is 4.36. The molecule has 3 N–H and O–H groups in total. The van der Waals surface area contributed by atoms with E-state index in [-0.39, 0.29) is 6.04 Å². The first-order valence-corrected chi connectivity index (χ1v) is 6.97. The van der Waals surface area contributed by atoms with Gasteiger partial charge in [0.25, 0.3) is 0 Å². The molecular weight excluding hydrogens is 266 g/mol. The molecule has 0 aliphatic carbocycles. The van der Waals surface area contributed by atoms with Gasteiger partial charge in [0.2, 0.25) is 0 Å². The van der Waals surface area contributed by atoms with E-state index in [1.807, 2.05) is 11.3 Å². The van der Waals surface area contributed by atoms with Gasteiger partial charge in [0.05, 0.1) is 16.9 Å². The van der Waals surface area contributed by atoms with Gasteiger partial charge in [0.1, 0.15) is 5.82 Å². The second-order valence-corrected chi connectivity index (χ2v) is 6.14. The Morgan fingerprint density at radius 1 is 1.50 bits per heavy atom. The molecule has 0 amide bonds. The SMILES string of the molecule is Cc1ccc(CC(C)Nc2ncc(N)cc2Cl)s1. The molecule has 0 saturated carbocycles. The molecule has 2 aromatic rings. The average Bonchev–Trinajstić information content (AvgIpc) is 2.68. The molecule has 5 heteroatoms. The second kappa shape index (κ2) is 5.59. The lowest BCUT2D eigenvalue weighted by atomic mass is 10.2. The third kappa shape index (κ3) is 3.37. The lowest BCUT2D eigenvalue weighted by molar-refractivity contribution is 0.795. The predicted molar refractivity (Wildman–Crippen MR) is 79.5 cm³/mol. The van der Waals surface area contributed by atoms with Gasteiger partial charge in [-0.25, -0.2) is 4.98 Å². The Balaban J connectivity index is 2.00. The molecule has 0 saturated heterocycles. The number of thiophene rings is 1. The Hall–Kier alpha value is -1.26. The van der Waals surface area contributed by atoms with Crippen molar-refractivity contribution in [3.63, 3.8) is 0 Å². The molecule has 2 rings (SSSR count). The maximum Gasteiger partial charge on any atom is 0.145 e. The van der Waals surface area contributed by atoms with Crippen LogP contribution in [0, 0.1) is 6.92 Å². The molecule has 0 aliphatic heterocycles. The van der Waals surface area contributed by atoms with E-state index in [4.69, 9.17) is 17.3 Å². The van der Waals surface area contributed by atoms with Crippen LogP contribution in [-0.4, -0.2) is 11.0 Å². The van der Waals surface area contributed by atoms with Crippen LogP contribution in [0.15, 0.2) is 24.4 Å². The largest absolute Gasteiger partial charge is 0.397 e. The van der Waals surface area contributed by atoms with Gasteiger partial charge in [-0.1, -0.05) is 11.6 Å². The van der Waals surface area contributed by atoms with Crippen molar-refractivity contribution in [2.75, 3.05) is 11.1 Å². The molecule has 1 unspecified atom stereocenters. The normalized spacial score (nSPS) is 12.4. The van der Waals surface area contributed by atoms with Crippen molar-refractivity contribution >= 4 is 34.4 Å². The zero-order valence-electron chi connectivity index (χ0n) is 10.4. The number of nitrogens with two attached hydrogens (primary N) is 1. The standard InChI is InChI=1S/C13H16ClN3S/c1-8(5-11-4-3-9(2)18-11)17-13-12(14)6-10(15)7-16-13/h3-4,6-8H,5,15H2,1-2H3,(H,16,17). The molecular formula is C13H16ClN3S. The van der Waals surface area contributed by atoms with Gasteiger partial charge in [-0.15, -0.1) is 11.3 Å². The summed E-state index contributed by atoms with van der Waals surface area (Å²) in [6, 6.07) is 6.28. The molecule has 0 spiro atoms. The monoisotopic (exact) mass is 281 g/mol. The number of hydrogen-bond donors (Lipinski definition) is 2. The lowest BCUT2D eigenvalue weighted by Gasteiger charge is -2.14. The summed E-state index contributed by atoms with van der Waals surface area (Å²) in [6.07, 6.45) is 2.57. The molecule has 96 valence electrons. The highest BCUT2D eigenvalue weighted by Gasteiger charge is 2.09. The third-order valence-corrected chi connectivity index (χ3v) is 3.86. The quantitative estimate of drug-likeness (QED) is 0.898. The predicted octanol–water partition coefficient (Wildman–Crippen LogP) is 3.73. The number of halogens is 1. The summed E-state index contributed by atoms with van der Waals surface area (Å²) in [6.45, 7) is 4.23. The van der Waals surface area contributed by atoms with E-state index in [0.717, 1.165) is 6.42 Å². The van der Waals surface area contributed by atoms with Crippen molar-refractivity contribution in [1.29, 1.82) is 0 Å². The van der Waals surface area contributed by atoms with E-state index in [2.05, 4.69) is 36.3 Å². The van der Waals surface area contributed by atoms with E-state index in [1.54, 1.807) is 12.3 Å². The van der Waals surface area contributed by atoms with Crippen LogP contribution in [-0.2, 0) is 6.42 Å². The summed E-state index contributed by atoms with van der Waals surface area (Å²) in [5, 5.41) is 3.86. The Bertz CT molecular complexity index is 539. The first-order valence-electron chi connectivity index (χ1n) is 5.77. The van der Waals surface area contributed by atoms with Crippen LogP contribution in [0.4, 0.5) is 11.5 Å². The maximum absolute atomic E-state index is 6.08. The molecule has 0 radical (unpaired) electrons. The third-order valence-electron chi connectivity index (χ3n) is 2.55. The Labute approximate surface area is 116 Å². The zero-order chi connectivity index (χ0) is 13.1. The topological polar surface area (TPSA) is 50.9 Å². The Morgan fingerprint density at radius 2 is 2.28 bits per heavy atom. The van der Waals surface area contributed by atoms with Crippen molar-refractivity contribution in [3.05, 3.63) is 39.2 Å². The van der Waals surface area contributed by atoms with E-state index < -0.39 is 0 Å². The number of rotatable bonds is 4. The number of aryl methyl sites for hydroxylation is 1. The highest BCUT2D eigenvalue weighted by atomic mass is 35.5. The van der Waals surface area contributed by atoms with Crippen LogP contribution in [0.5, 0.6) is 0 Å². The number of nitrogens with zero attached hydrogens (tertiary/aromatic N) is 1. The van der Waals surface area contributed by atoms with Crippen molar-refractivity contribution < 1.29 is 0 Å². The molecule has 2 aromatic heterocycles. The molecule has 0 aliphatic rings. The van der Waals surface area contributed by atoms with Crippen LogP contribution in [0.25, 0.3) is 0 Å². The molecule has 0 aromatic carbocycles. The van der Waals surface area contributed by atoms with Crippen molar-refractivity contribution in [3.8, 4) is 0 Å². The number of hydrogen-bond acceptors (Lipinski definition) is 4. The summed E-state index contributed by atoms with van der Waals surface area (Å²) < 4.78 is 0. The number of anilines is 2. The molecule has 3 nitrogen and oxygen atoms in total. The van der Waals surface area contributed by atoms with Crippen LogP contribution >= 0.6 is 22.9 Å². The number of aromatic nitrogens is 1. The summed E-state index contributed by atoms with van der Waals surface area (Å²) in [4.78, 5) is 6.89. The Kier molecular flexibility index (Phi) is 4.09.